The number of carbonyl (C=O) groups is 3. The number of anilines is 1. The lowest BCUT2D eigenvalue weighted by Gasteiger charge is -2.11. The van der Waals surface area contributed by atoms with Gasteiger partial charge in [-0.25, -0.2) is 4.79 Å². The zero-order chi connectivity index (χ0) is 24.9. The Kier molecular flexibility index (Phi) is 7.80. The molecule has 0 saturated heterocycles. The molecule has 0 unspecified atom stereocenters. The Morgan fingerprint density at radius 1 is 1.15 bits per heavy atom. The van der Waals surface area contributed by atoms with Crippen LogP contribution in [0.25, 0.3) is 0 Å². The quantitative estimate of drug-likeness (QED) is 0.355. The van der Waals surface area contributed by atoms with Crippen LogP contribution in [0.3, 0.4) is 0 Å². The first-order valence-corrected chi connectivity index (χ1v) is 9.50. The standard InChI is InChI=1S/C20H20F3N3O7/c1-4-32-19(29)14-7-11(2)25(12(14)3)9-18(28)33-10-17(27)24-15-6-5-13(20(21,22)23)8-16(15)26(30)31/h5-8H,4,9-10H2,1-3H3,(H,24,27). The molecule has 0 aliphatic heterocycles. The molecule has 2 rings (SSSR count). The summed E-state index contributed by atoms with van der Waals surface area (Å²) in [5, 5.41) is 13.1. The van der Waals surface area contributed by atoms with Crippen LogP contribution in [-0.4, -0.2) is 40.5 Å². The lowest BCUT2D eigenvalue weighted by atomic mass is 10.1. The molecule has 0 spiro atoms. The van der Waals surface area contributed by atoms with Gasteiger partial charge in [-0.05, 0) is 39.0 Å². The summed E-state index contributed by atoms with van der Waals surface area (Å²) in [6, 6.07) is 3.15. The first-order valence-electron chi connectivity index (χ1n) is 9.50. The molecule has 0 bridgehead atoms. The van der Waals surface area contributed by atoms with E-state index in [1.807, 2.05) is 0 Å². The summed E-state index contributed by atoms with van der Waals surface area (Å²) < 4.78 is 49.5. The van der Waals surface area contributed by atoms with Gasteiger partial charge in [0, 0.05) is 17.5 Å². The second kappa shape index (κ2) is 10.1. The number of nitrogens with zero attached hydrogens (tertiary/aromatic N) is 2. The second-order valence-corrected chi connectivity index (χ2v) is 6.79. The fraction of sp³-hybridized carbons (Fsp3) is 0.350. The van der Waals surface area contributed by atoms with Crippen LogP contribution in [0.5, 0.6) is 0 Å². The highest BCUT2D eigenvalue weighted by Gasteiger charge is 2.33. The molecule has 2 aromatic rings. The number of hydrogen-bond acceptors (Lipinski definition) is 7. The summed E-state index contributed by atoms with van der Waals surface area (Å²) in [7, 11) is 0. The predicted molar refractivity (Wildman–Crippen MR) is 108 cm³/mol. The summed E-state index contributed by atoms with van der Waals surface area (Å²) in [5.41, 5.74) is -1.40. The zero-order valence-electron chi connectivity index (χ0n) is 17.8. The summed E-state index contributed by atoms with van der Waals surface area (Å²) in [6.45, 7) is 3.92. The number of ether oxygens (including phenoxy) is 2. The van der Waals surface area contributed by atoms with Gasteiger partial charge in [-0.15, -0.1) is 0 Å². The number of halogens is 3. The average molecular weight is 471 g/mol. The third-order valence-corrected chi connectivity index (χ3v) is 4.52. The molecule has 33 heavy (non-hydrogen) atoms. The van der Waals surface area contributed by atoms with E-state index in [1.54, 1.807) is 20.8 Å². The lowest BCUT2D eigenvalue weighted by molar-refractivity contribution is -0.384. The van der Waals surface area contributed by atoms with E-state index in [-0.39, 0.29) is 18.7 Å². The van der Waals surface area contributed by atoms with Crippen molar-refractivity contribution in [1.29, 1.82) is 0 Å². The number of aromatic nitrogens is 1. The third-order valence-electron chi connectivity index (χ3n) is 4.52. The van der Waals surface area contributed by atoms with Crippen molar-refractivity contribution in [1.82, 2.24) is 4.57 Å². The molecule has 13 heteroatoms. The van der Waals surface area contributed by atoms with Crippen LogP contribution in [0.15, 0.2) is 24.3 Å². The summed E-state index contributed by atoms with van der Waals surface area (Å²) in [4.78, 5) is 46.1. The van der Waals surface area contributed by atoms with E-state index in [9.17, 15) is 37.7 Å². The van der Waals surface area contributed by atoms with E-state index in [0.29, 0.717) is 23.5 Å². The maximum Gasteiger partial charge on any atom is 0.416 e. The molecule has 0 fully saturated rings. The van der Waals surface area contributed by atoms with Crippen LogP contribution in [0.1, 0.15) is 34.2 Å². The first-order chi connectivity index (χ1) is 15.3. The lowest BCUT2D eigenvalue weighted by Crippen LogP contribution is -2.24. The fourth-order valence-corrected chi connectivity index (χ4v) is 2.93. The van der Waals surface area contributed by atoms with Crippen LogP contribution >= 0.6 is 0 Å². The van der Waals surface area contributed by atoms with Crippen LogP contribution in [0.4, 0.5) is 24.5 Å². The molecule has 0 radical (unpaired) electrons. The van der Waals surface area contributed by atoms with E-state index in [4.69, 9.17) is 9.47 Å². The van der Waals surface area contributed by atoms with Gasteiger partial charge < -0.3 is 19.4 Å². The fourth-order valence-electron chi connectivity index (χ4n) is 2.93. The number of nitrogens with one attached hydrogen (secondary N) is 1. The topological polar surface area (TPSA) is 130 Å². The van der Waals surface area contributed by atoms with Gasteiger partial charge in [0.05, 0.1) is 22.7 Å². The van der Waals surface area contributed by atoms with E-state index in [0.717, 1.165) is 6.07 Å². The molecule has 0 saturated carbocycles. The summed E-state index contributed by atoms with van der Waals surface area (Å²) >= 11 is 0. The smallest absolute Gasteiger partial charge is 0.416 e. The van der Waals surface area contributed by atoms with E-state index < -0.39 is 52.5 Å². The highest BCUT2D eigenvalue weighted by atomic mass is 19.4. The number of carbonyl (C=O) groups excluding carboxylic acids is 3. The maximum atomic E-state index is 12.8. The Morgan fingerprint density at radius 3 is 2.39 bits per heavy atom. The molecule has 0 aliphatic carbocycles. The number of nitro groups is 1. The maximum absolute atomic E-state index is 12.8. The van der Waals surface area contributed by atoms with Gasteiger partial charge in [0.2, 0.25) is 0 Å². The van der Waals surface area contributed by atoms with E-state index >= 15 is 0 Å². The van der Waals surface area contributed by atoms with Crippen molar-refractivity contribution in [3.63, 3.8) is 0 Å². The number of alkyl halides is 3. The van der Waals surface area contributed by atoms with Crippen molar-refractivity contribution in [2.45, 2.75) is 33.5 Å². The van der Waals surface area contributed by atoms with E-state index in [1.165, 1.54) is 10.6 Å². The molecule has 1 amide bonds. The van der Waals surface area contributed by atoms with Crippen molar-refractivity contribution in [2.24, 2.45) is 0 Å². The van der Waals surface area contributed by atoms with Crippen LogP contribution < -0.4 is 5.32 Å². The first kappa shape index (κ1) is 25.4. The number of amides is 1. The van der Waals surface area contributed by atoms with Crippen molar-refractivity contribution in [3.8, 4) is 0 Å². The predicted octanol–water partition coefficient (Wildman–Crippen LogP) is 3.39. The van der Waals surface area contributed by atoms with Crippen LogP contribution in [0.2, 0.25) is 0 Å². The molecule has 1 heterocycles. The summed E-state index contributed by atoms with van der Waals surface area (Å²) in [5.74, 6) is -2.38. The van der Waals surface area contributed by atoms with Gasteiger partial charge in [0.1, 0.15) is 12.2 Å². The van der Waals surface area contributed by atoms with Crippen LogP contribution in [0, 0.1) is 24.0 Å². The highest BCUT2D eigenvalue weighted by Crippen LogP contribution is 2.34. The molecule has 1 aromatic carbocycles. The monoisotopic (exact) mass is 471 g/mol. The van der Waals surface area contributed by atoms with Gasteiger partial charge >= 0.3 is 18.1 Å². The van der Waals surface area contributed by atoms with Gasteiger partial charge in [-0.1, -0.05) is 0 Å². The molecular weight excluding hydrogens is 451 g/mol. The minimum atomic E-state index is -4.80. The normalized spacial score (nSPS) is 11.1. The van der Waals surface area contributed by atoms with Crippen molar-refractivity contribution < 1.29 is 42.0 Å². The molecule has 1 N–H and O–H groups in total. The molecular formula is C20H20F3N3O7. The van der Waals surface area contributed by atoms with Gasteiger partial charge in [0.25, 0.3) is 11.6 Å². The molecule has 178 valence electrons. The minimum Gasteiger partial charge on any atom is -0.462 e. The number of nitro benzene ring substituents is 1. The Hall–Kier alpha value is -3.90. The van der Waals surface area contributed by atoms with Crippen molar-refractivity contribution in [3.05, 3.63) is 56.9 Å². The Labute approximate surface area is 185 Å². The minimum absolute atomic E-state index is 0.177. The summed E-state index contributed by atoms with van der Waals surface area (Å²) in [6.07, 6.45) is -4.80. The Bertz CT molecular complexity index is 1090. The highest BCUT2D eigenvalue weighted by molar-refractivity contribution is 5.95. The second-order valence-electron chi connectivity index (χ2n) is 6.79. The van der Waals surface area contributed by atoms with Crippen molar-refractivity contribution >= 4 is 29.2 Å². The number of benzene rings is 1. The van der Waals surface area contributed by atoms with Gasteiger partial charge in [-0.3, -0.25) is 19.7 Å². The number of hydrogen-bond donors (Lipinski definition) is 1. The third kappa shape index (κ3) is 6.30. The number of aryl methyl sites for hydroxylation is 1. The number of esters is 2. The molecule has 10 nitrogen and oxygen atoms in total. The van der Waals surface area contributed by atoms with Crippen LogP contribution in [-0.2, 0) is 31.8 Å². The molecule has 0 aliphatic rings. The zero-order valence-corrected chi connectivity index (χ0v) is 17.8. The number of rotatable bonds is 8. The largest absolute Gasteiger partial charge is 0.462 e. The SMILES string of the molecule is CCOC(=O)c1cc(C)n(CC(=O)OCC(=O)Nc2ccc(C(F)(F)F)cc2[N+](=O)[O-])c1C. The van der Waals surface area contributed by atoms with Gasteiger partial charge in [0.15, 0.2) is 6.61 Å². The van der Waals surface area contributed by atoms with Crippen molar-refractivity contribution in [2.75, 3.05) is 18.5 Å². The average Bonchev–Trinajstić information content (AvgIpc) is 3.00. The molecule has 1 aromatic heterocycles. The Balaban J connectivity index is 2.03. The van der Waals surface area contributed by atoms with Gasteiger partial charge in [-0.2, -0.15) is 13.2 Å². The van der Waals surface area contributed by atoms with E-state index in [2.05, 4.69) is 5.32 Å². The Morgan fingerprint density at radius 2 is 1.82 bits per heavy atom. The molecule has 0 atom stereocenters.